The first-order valence-electron chi connectivity index (χ1n) is 5.51. The van der Waals surface area contributed by atoms with Gasteiger partial charge in [0.05, 0.1) is 0 Å². The summed E-state index contributed by atoms with van der Waals surface area (Å²) in [5.41, 5.74) is 0.841. The molecule has 1 aromatic heterocycles. The first-order chi connectivity index (χ1) is 8.78. The van der Waals surface area contributed by atoms with Crippen LogP contribution in [-0.2, 0) is 29.3 Å². The fourth-order valence-corrected chi connectivity index (χ4v) is 5.13. The summed E-state index contributed by atoms with van der Waals surface area (Å²) in [7, 11) is 1.43. The molecule has 0 aliphatic heterocycles. The number of hydrogen-bond donors (Lipinski definition) is 0. The molecular weight excluding hydrogens is 419 g/mol. The minimum atomic E-state index is -1.75. The second-order valence-electron chi connectivity index (χ2n) is 3.69. The quantitative estimate of drug-likeness (QED) is 0.554. The summed E-state index contributed by atoms with van der Waals surface area (Å²) in [6, 6.07) is 11.4. The Hall–Kier alpha value is -1.42. The van der Waals surface area contributed by atoms with Crippen molar-refractivity contribution in [3.05, 3.63) is 48.4 Å². The zero-order chi connectivity index (χ0) is 12.8. The number of rotatable bonds is 4. The zero-order valence-electron chi connectivity index (χ0n) is 10.00. The molecule has 2 rings (SSSR count). The molecule has 0 radical (unpaired) electrons. The van der Waals surface area contributed by atoms with Gasteiger partial charge in [-0.2, -0.15) is 0 Å². The van der Waals surface area contributed by atoms with E-state index in [4.69, 9.17) is 9.15 Å². The van der Waals surface area contributed by atoms with Crippen LogP contribution >= 0.6 is 0 Å². The van der Waals surface area contributed by atoms with E-state index in [-0.39, 0.29) is 3.48 Å². The third kappa shape index (κ3) is 3.80. The molecule has 1 aromatic carbocycles. The van der Waals surface area contributed by atoms with Crippen LogP contribution in [0.5, 0.6) is 0 Å². The van der Waals surface area contributed by atoms with Crippen molar-refractivity contribution in [2.24, 2.45) is 4.99 Å². The molecule has 2 aromatic rings. The average Bonchev–Trinajstić information content (AvgIpc) is 2.91. The molecule has 0 spiro atoms. The third-order valence-electron chi connectivity index (χ3n) is 2.40. The van der Waals surface area contributed by atoms with Crippen molar-refractivity contribution >= 4 is 18.5 Å². The van der Waals surface area contributed by atoms with Crippen molar-refractivity contribution in [1.29, 1.82) is 0 Å². The SMILES string of the molecule is CO[C](=O)[Hg][c]1ccc(N=Cc2ccco2)cc1. The van der Waals surface area contributed by atoms with Gasteiger partial charge in [0.2, 0.25) is 0 Å². The van der Waals surface area contributed by atoms with E-state index < -0.39 is 24.6 Å². The fourth-order valence-electron chi connectivity index (χ4n) is 1.44. The van der Waals surface area contributed by atoms with Crippen LogP contribution in [0.25, 0.3) is 0 Å². The van der Waals surface area contributed by atoms with E-state index in [0.29, 0.717) is 5.76 Å². The van der Waals surface area contributed by atoms with E-state index in [1.165, 1.54) is 7.11 Å². The average molecular weight is 430 g/mol. The van der Waals surface area contributed by atoms with Gasteiger partial charge in [0, 0.05) is 0 Å². The van der Waals surface area contributed by atoms with E-state index in [1.54, 1.807) is 12.5 Å². The second kappa shape index (κ2) is 6.49. The van der Waals surface area contributed by atoms with Crippen LogP contribution in [0.1, 0.15) is 5.76 Å². The van der Waals surface area contributed by atoms with Crippen molar-refractivity contribution in [1.82, 2.24) is 0 Å². The van der Waals surface area contributed by atoms with E-state index in [1.807, 2.05) is 36.4 Å². The van der Waals surface area contributed by atoms with E-state index in [2.05, 4.69) is 4.99 Å². The van der Waals surface area contributed by atoms with Gasteiger partial charge in [-0.3, -0.25) is 0 Å². The molecule has 0 unspecified atom stereocenters. The van der Waals surface area contributed by atoms with Gasteiger partial charge < -0.3 is 0 Å². The van der Waals surface area contributed by atoms with Gasteiger partial charge in [0.25, 0.3) is 0 Å². The summed E-state index contributed by atoms with van der Waals surface area (Å²) in [4.78, 5) is 15.5. The van der Waals surface area contributed by atoms with Gasteiger partial charge in [-0.1, -0.05) is 0 Å². The number of carbonyl (C=O) groups is 1. The normalized spacial score (nSPS) is 10.3. The maximum absolute atomic E-state index is 11.2. The summed E-state index contributed by atoms with van der Waals surface area (Å²) < 4.78 is 10.9. The number of aliphatic imine (C=N–C) groups is 1. The molecular formula is C13H11HgNO3. The molecule has 0 aliphatic rings. The number of ether oxygens (including phenoxy) is 1. The number of benzene rings is 1. The number of methoxy groups -OCH3 is 1. The van der Waals surface area contributed by atoms with E-state index >= 15 is 0 Å². The molecule has 0 amide bonds. The Morgan fingerprint density at radius 2 is 2.11 bits per heavy atom. The van der Waals surface area contributed by atoms with Gasteiger partial charge in [-0.15, -0.1) is 0 Å². The van der Waals surface area contributed by atoms with Crippen molar-refractivity contribution in [2.45, 2.75) is 0 Å². The number of carbonyl (C=O) groups excluding carboxylic acids is 1. The number of furan rings is 1. The summed E-state index contributed by atoms with van der Waals surface area (Å²) >= 11 is -1.75. The Morgan fingerprint density at radius 3 is 2.72 bits per heavy atom. The molecule has 0 saturated carbocycles. The summed E-state index contributed by atoms with van der Waals surface area (Å²) in [5.74, 6) is 0.716. The third-order valence-corrected chi connectivity index (χ3v) is 8.06. The monoisotopic (exact) mass is 431 g/mol. The minimum absolute atomic E-state index is 0.0261. The summed E-state index contributed by atoms with van der Waals surface area (Å²) in [6.45, 7) is 0. The molecule has 0 fully saturated rings. The molecule has 0 saturated heterocycles. The standard InChI is InChI=1S/C11H8NO.C2H3O2.Hg/c1-2-5-10(6-3-1)12-9-11-7-4-8-13-11;1-4-2-3;/h2-9H;1H3;. The van der Waals surface area contributed by atoms with Crippen LogP contribution in [0, 0.1) is 0 Å². The Morgan fingerprint density at radius 1 is 1.33 bits per heavy atom. The molecule has 18 heavy (non-hydrogen) atoms. The fraction of sp³-hybridized carbons (Fsp3) is 0.0769. The number of hydrogen-bond acceptors (Lipinski definition) is 4. The van der Waals surface area contributed by atoms with Gasteiger partial charge in [-0.25, -0.2) is 0 Å². The Labute approximate surface area is 117 Å². The van der Waals surface area contributed by atoms with Crippen molar-refractivity contribution in [3.8, 4) is 0 Å². The van der Waals surface area contributed by atoms with Crippen LogP contribution in [0.4, 0.5) is 10.5 Å². The second-order valence-corrected chi connectivity index (χ2v) is 10.5. The van der Waals surface area contributed by atoms with Crippen LogP contribution < -0.4 is 3.07 Å². The van der Waals surface area contributed by atoms with Crippen molar-refractivity contribution < 1.29 is 38.5 Å². The Kier molecular flexibility index (Phi) is 4.70. The zero-order valence-corrected chi connectivity index (χ0v) is 15.5. The van der Waals surface area contributed by atoms with Gasteiger partial charge in [0.15, 0.2) is 0 Å². The first-order valence-corrected chi connectivity index (χ1v) is 11.0. The topological polar surface area (TPSA) is 51.8 Å². The molecule has 0 bridgehead atoms. The first kappa shape index (κ1) is 13.0. The molecule has 0 aliphatic carbocycles. The van der Waals surface area contributed by atoms with E-state index in [9.17, 15) is 4.79 Å². The molecule has 4 nitrogen and oxygen atoms in total. The van der Waals surface area contributed by atoms with Gasteiger partial charge >= 0.3 is 117 Å². The Bertz CT molecular complexity index is 532. The van der Waals surface area contributed by atoms with Crippen LogP contribution in [0.2, 0.25) is 0 Å². The van der Waals surface area contributed by atoms with E-state index in [0.717, 1.165) is 8.76 Å². The molecule has 88 valence electrons. The van der Waals surface area contributed by atoms with Crippen LogP contribution in [0.3, 0.4) is 0 Å². The molecule has 0 N–H and O–H groups in total. The predicted octanol–water partition coefficient (Wildman–Crippen LogP) is 2.50. The van der Waals surface area contributed by atoms with Crippen molar-refractivity contribution in [2.75, 3.05) is 7.11 Å². The van der Waals surface area contributed by atoms with Gasteiger partial charge in [0.1, 0.15) is 0 Å². The Balaban J connectivity index is 2.01. The maximum atomic E-state index is 11.2. The molecule has 5 heteroatoms. The molecule has 0 atom stereocenters. The van der Waals surface area contributed by atoms with Crippen LogP contribution in [0.15, 0.2) is 52.1 Å². The van der Waals surface area contributed by atoms with Gasteiger partial charge in [-0.05, 0) is 0 Å². The van der Waals surface area contributed by atoms with Crippen LogP contribution in [-0.4, -0.2) is 16.8 Å². The summed E-state index contributed by atoms with van der Waals surface area (Å²) in [5, 5.41) is 0. The predicted molar refractivity (Wildman–Crippen MR) is 64.4 cm³/mol. The molecule has 1 heterocycles. The summed E-state index contributed by atoms with van der Waals surface area (Å²) in [6.07, 6.45) is 3.27. The van der Waals surface area contributed by atoms with Crippen molar-refractivity contribution in [3.63, 3.8) is 0 Å². The number of nitrogens with zero attached hydrogens (tertiary/aromatic N) is 1.